The van der Waals surface area contributed by atoms with E-state index in [2.05, 4.69) is 6.07 Å². The average Bonchev–Trinajstić information content (AvgIpc) is 2.90. The Balaban J connectivity index is 1.96. The maximum atomic E-state index is 11.0. The molecule has 21 heavy (non-hydrogen) atoms. The van der Waals surface area contributed by atoms with Gasteiger partial charge in [0, 0.05) is 12.7 Å². The molecule has 0 aromatic heterocycles. The highest BCUT2D eigenvalue weighted by Crippen LogP contribution is 2.36. The van der Waals surface area contributed by atoms with Gasteiger partial charge >= 0.3 is 0 Å². The fourth-order valence-electron chi connectivity index (χ4n) is 3.03. The molecule has 3 rings (SSSR count). The Hall–Kier alpha value is -1.36. The number of carbonyl (C=O) groups is 1. The molecule has 2 aromatic rings. The van der Waals surface area contributed by atoms with Crippen molar-refractivity contribution in [3.8, 4) is 0 Å². The van der Waals surface area contributed by atoms with E-state index in [9.17, 15) is 15.0 Å². The minimum absolute atomic E-state index is 0.0540. The Kier molecular flexibility index (Phi) is 4.02. The van der Waals surface area contributed by atoms with Crippen LogP contribution >= 0.6 is 11.8 Å². The molecule has 1 aliphatic rings. The molecule has 0 radical (unpaired) electrons. The van der Waals surface area contributed by atoms with Gasteiger partial charge in [-0.2, -0.15) is 0 Å². The lowest BCUT2D eigenvalue weighted by atomic mass is 9.95. The first-order valence-corrected chi connectivity index (χ1v) is 8.09. The maximum absolute atomic E-state index is 11.0. The third-order valence-corrected chi connectivity index (χ3v) is 4.97. The minimum atomic E-state index is -0.971. The van der Waals surface area contributed by atoms with Crippen LogP contribution in [-0.4, -0.2) is 27.2 Å². The van der Waals surface area contributed by atoms with Gasteiger partial charge in [0.2, 0.25) is 0 Å². The monoisotopic (exact) mass is 302 g/mol. The lowest BCUT2D eigenvalue weighted by molar-refractivity contribution is -0.109. The molecule has 1 aliphatic carbocycles. The van der Waals surface area contributed by atoms with Crippen LogP contribution in [0.2, 0.25) is 0 Å². The summed E-state index contributed by atoms with van der Waals surface area (Å²) in [6, 6.07) is 10.1. The predicted molar refractivity (Wildman–Crippen MR) is 85.5 cm³/mol. The largest absolute Gasteiger partial charge is 0.389 e. The Labute approximate surface area is 128 Å². The summed E-state index contributed by atoms with van der Waals surface area (Å²) in [6.07, 6.45) is 0.156. The molecular weight excluding hydrogens is 284 g/mol. The van der Waals surface area contributed by atoms with Crippen LogP contribution in [0, 0.1) is 0 Å². The van der Waals surface area contributed by atoms with Gasteiger partial charge in [-0.1, -0.05) is 42.1 Å². The van der Waals surface area contributed by atoms with Crippen molar-refractivity contribution in [1.82, 2.24) is 0 Å². The smallest absolute Gasteiger partial charge is 0.185 e. The number of hydrogen-bond acceptors (Lipinski definition) is 4. The Morgan fingerprint density at radius 3 is 2.62 bits per heavy atom. The summed E-state index contributed by atoms with van der Waals surface area (Å²) in [4.78, 5) is 11.0. The summed E-state index contributed by atoms with van der Waals surface area (Å²) in [7, 11) is 0. The molecular formula is C17H18O3S. The molecule has 0 bridgehead atoms. The van der Waals surface area contributed by atoms with Crippen molar-refractivity contribution in [2.24, 2.45) is 0 Å². The van der Waals surface area contributed by atoms with E-state index in [1.165, 1.54) is 23.4 Å². The van der Waals surface area contributed by atoms with Gasteiger partial charge in [-0.25, -0.2) is 0 Å². The number of aryl methyl sites for hydroxylation is 2. The van der Waals surface area contributed by atoms with Crippen LogP contribution in [0.1, 0.15) is 29.7 Å². The third kappa shape index (κ3) is 2.71. The highest BCUT2D eigenvalue weighted by Gasteiger charge is 2.23. The van der Waals surface area contributed by atoms with Gasteiger partial charge in [0.05, 0.1) is 6.10 Å². The molecule has 2 atom stereocenters. The number of thioether (sulfide) groups is 1. The van der Waals surface area contributed by atoms with E-state index >= 15 is 0 Å². The highest BCUT2D eigenvalue weighted by atomic mass is 32.2. The van der Waals surface area contributed by atoms with Gasteiger partial charge in [-0.15, -0.1) is 0 Å². The summed E-state index contributed by atoms with van der Waals surface area (Å²) in [5.74, 6) is 0.208. The second-order valence-electron chi connectivity index (χ2n) is 5.47. The van der Waals surface area contributed by atoms with Crippen molar-refractivity contribution < 1.29 is 15.0 Å². The predicted octanol–water partition coefficient (Wildman–Crippen LogP) is 2.61. The molecule has 3 nitrogen and oxygen atoms in total. The van der Waals surface area contributed by atoms with Crippen LogP contribution in [0.3, 0.4) is 0 Å². The summed E-state index contributed by atoms with van der Waals surface area (Å²) in [5.41, 5.74) is 3.36. The highest BCUT2D eigenvalue weighted by molar-refractivity contribution is 8.13. The fraction of sp³-hybridized carbons (Fsp3) is 0.353. The van der Waals surface area contributed by atoms with Gasteiger partial charge in [0.25, 0.3) is 0 Å². The van der Waals surface area contributed by atoms with Gasteiger partial charge in [-0.05, 0) is 40.3 Å². The fourth-order valence-corrected chi connectivity index (χ4v) is 3.62. The number of carbonyl (C=O) groups excluding carboxylic acids is 1. The number of aliphatic hydroxyl groups excluding tert-OH is 2. The van der Waals surface area contributed by atoms with Crippen molar-refractivity contribution in [3.05, 3.63) is 47.0 Å². The number of rotatable bonds is 4. The summed E-state index contributed by atoms with van der Waals surface area (Å²) in [6.45, 7) is 1.46. The van der Waals surface area contributed by atoms with Crippen LogP contribution in [-0.2, 0) is 17.6 Å². The lowest BCUT2D eigenvalue weighted by Crippen LogP contribution is -2.21. The van der Waals surface area contributed by atoms with Gasteiger partial charge in [0.15, 0.2) is 5.12 Å². The summed E-state index contributed by atoms with van der Waals surface area (Å²) < 4.78 is 0. The van der Waals surface area contributed by atoms with Crippen molar-refractivity contribution >= 4 is 27.6 Å². The van der Waals surface area contributed by atoms with Crippen molar-refractivity contribution in [1.29, 1.82) is 0 Å². The minimum Gasteiger partial charge on any atom is -0.389 e. The summed E-state index contributed by atoms with van der Waals surface area (Å²) in [5, 5.41) is 22.7. The molecule has 0 saturated heterocycles. The summed E-state index contributed by atoms with van der Waals surface area (Å²) >= 11 is 1.04. The standard InChI is InChI=1S/C17H18O3S/c1-10(18)21-9-15(19)17(20)14-8-7-12-6-5-11-3-2-4-13(14)16(11)12/h2-4,7-8,15,17,19-20H,5-6,9H2,1H3. The van der Waals surface area contributed by atoms with E-state index in [1.807, 2.05) is 24.3 Å². The zero-order valence-corrected chi connectivity index (χ0v) is 12.7. The van der Waals surface area contributed by atoms with E-state index in [0.29, 0.717) is 0 Å². The number of aliphatic hydroxyl groups is 2. The topological polar surface area (TPSA) is 57.5 Å². The van der Waals surface area contributed by atoms with Gasteiger partial charge in [0.1, 0.15) is 6.10 Å². The molecule has 0 saturated carbocycles. The quantitative estimate of drug-likeness (QED) is 0.911. The molecule has 0 spiro atoms. The van der Waals surface area contributed by atoms with E-state index in [-0.39, 0.29) is 10.9 Å². The van der Waals surface area contributed by atoms with E-state index in [4.69, 9.17) is 0 Å². The van der Waals surface area contributed by atoms with Gasteiger partial charge in [-0.3, -0.25) is 4.79 Å². The van der Waals surface area contributed by atoms with Crippen molar-refractivity contribution in [2.45, 2.75) is 32.0 Å². The van der Waals surface area contributed by atoms with E-state index in [0.717, 1.165) is 35.6 Å². The molecule has 0 amide bonds. The van der Waals surface area contributed by atoms with Crippen LogP contribution in [0.25, 0.3) is 10.8 Å². The van der Waals surface area contributed by atoms with Crippen molar-refractivity contribution in [3.63, 3.8) is 0 Å². The third-order valence-electron chi connectivity index (χ3n) is 4.05. The number of benzene rings is 2. The molecule has 0 aliphatic heterocycles. The molecule has 110 valence electrons. The maximum Gasteiger partial charge on any atom is 0.185 e. The zero-order valence-electron chi connectivity index (χ0n) is 11.9. The van der Waals surface area contributed by atoms with Crippen LogP contribution in [0.15, 0.2) is 30.3 Å². The second-order valence-corrected chi connectivity index (χ2v) is 6.67. The molecule has 2 unspecified atom stereocenters. The zero-order chi connectivity index (χ0) is 15.0. The molecule has 0 heterocycles. The van der Waals surface area contributed by atoms with E-state index in [1.54, 1.807) is 0 Å². The first kappa shape index (κ1) is 14.6. The molecule has 0 fully saturated rings. The van der Waals surface area contributed by atoms with Gasteiger partial charge < -0.3 is 10.2 Å². The first-order chi connectivity index (χ1) is 10.1. The Morgan fingerprint density at radius 2 is 1.90 bits per heavy atom. The van der Waals surface area contributed by atoms with Crippen LogP contribution in [0.5, 0.6) is 0 Å². The lowest BCUT2D eigenvalue weighted by Gasteiger charge is -2.19. The molecule has 2 aromatic carbocycles. The number of hydrogen-bond donors (Lipinski definition) is 2. The van der Waals surface area contributed by atoms with Crippen LogP contribution in [0.4, 0.5) is 0 Å². The molecule has 4 heteroatoms. The normalized spacial score (nSPS) is 16.1. The van der Waals surface area contributed by atoms with E-state index < -0.39 is 12.2 Å². The van der Waals surface area contributed by atoms with Crippen molar-refractivity contribution in [2.75, 3.05) is 5.75 Å². The molecule has 2 N–H and O–H groups in total. The average molecular weight is 302 g/mol. The van der Waals surface area contributed by atoms with Crippen LogP contribution < -0.4 is 0 Å². The Morgan fingerprint density at radius 1 is 1.19 bits per heavy atom. The second kappa shape index (κ2) is 5.79. The Bertz CT molecular complexity index is 685. The SMILES string of the molecule is CC(=O)SCC(O)C(O)c1ccc2c3c(cccc13)CC2. The first-order valence-electron chi connectivity index (χ1n) is 7.11.